The lowest BCUT2D eigenvalue weighted by atomic mass is 10.1. The highest BCUT2D eigenvalue weighted by Gasteiger charge is 2.18. The molecule has 0 saturated heterocycles. The number of hydrogen-bond acceptors (Lipinski definition) is 7. The average molecular weight is 477 g/mol. The molecule has 0 fully saturated rings. The molecule has 4 aromatic rings. The van der Waals surface area contributed by atoms with Gasteiger partial charge in [0.2, 0.25) is 0 Å². The maximum absolute atomic E-state index is 11.8. The van der Waals surface area contributed by atoms with Crippen LogP contribution in [0.4, 0.5) is 17.1 Å². The number of nitro benzene ring substituents is 1. The number of imidazole rings is 1. The summed E-state index contributed by atoms with van der Waals surface area (Å²) < 4.78 is 9.52. The van der Waals surface area contributed by atoms with Gasteiger partial charge < -0.3 is 19.2 Å². The van der Waals surface area contributed by atoms with Gasteiger partial charge in [-0.2, -0.15) is 0 Å². The van der Waals surface area contributed by atoms with E-state index in [9.17, 15) is 14.9 Å². The molecular formula is C23H20N6O4S. The fourth-order valence-corrected chi connectivity index (χ4v) is 4.70. The van der Waals surface area contributed by atoms with Crippen molar-refractivity contribution in [3.05, 3.63) is 81.5 Å². The number of nitrogens with zero attached hydrogens (tertiary/aromatic N) is 5. The van der Waals surface area contributed by atoms with Crippen molar-refractivity contribution in [2.24, 2.45) is 4.99 Å². The van der Waals surface area contributed by atoms with Crippen LogP contribution < -0.4 is 14.9 Å². The first-order valence-electron chi connectivity index (χ1n) is 10.6. The summed E-state index contributed by atoms with van der Waals surface area (Å²) in [4.78, 5) is 32.2. The minimum atomic E-state index is -0.428. The fraction of sp³-hybridized carbons (Fsp3) is 0.174. The predicted molar refractivity (Wildman–Crippen MR) is 127 cm³/mol. The maximum Gasteiger partial charge on any atom is 0.294 e. The van der Waals surface area contributed by atoms with Gasteiger partial charge in [-0.15, -0.1) is 11.3 Å². The van der Waals surface area contributed by atoms with Gasteiger partial charge in [0.05, 0.1) is 22.6 Å². The van der Waals surface area contributed by atoms with Crippen LogP contribution in [0.1, 0.15) is 6.42 Å². The molecule has 0 unspecified atom stereocenters. The van der Waals surface area contributed by atoms with E-state index in [0.29, 0.717) is 28.5 Å². The number of carbonyl (C=O) groups excluding carboxylic acids is 1. The lowest BCUT2D eigenvalue weighted by molar-refractivity contribution is -0.384. The summed E-state index contributed by atoms with van der Waals surface area (Å²) >= 11 is 1.41. The standard InChI is InChI=1S/C23H20N6O4S/c30-22-13-33-21-7-6-16(12-18(21)25-22)20-14-34-23(26-17-4-1-2-5-19(17)29(31)32)28(20)10-3-9-27-11-8-24-15-27/h1-2,4-8,11-12,14-15H,3,9-10,13H2,(H,25,30). The van der Waals surface area contributed by atoms with Crippen LogP contribution in [-0.4, -0.2) is 31.6 Å². The van der Waals surface area contributed by atoms with Gasteiger partial charge in [0.1, 0.15) is 11.4 Å². The molecule has 1 amide bonds. The molecule has 11 heteroatoms. The molecule has 3 heterocycles. The Kier molecular flexibility index (Phi) is 5.91. The van der Waals surface area contributed by atoms with Gasteiger partial charge in [-0.05, 0) is 30.7 Å². The molecule has 0 aliphatic carbocycles. The second-order valence-electron chi connectivity index (χ2n) is 7.61. The highest BCUT2D eigenvalue weighted by Crippen LogP contribution is 2.33. The number of nitrogens with one attached hydrogen (secondary N) is 1. The van der Waals surface area contributed by atoms with Gasteiger partial charge in [-0.1, -0.05) is 12.1 Å². The summed E-state index contributed by atoms with van der Waals surface area (Å²) in [6, 6.07) is 12.1. The third-order valence-electron chi connectivity index (χ3n) is 5.36. The molecule has 1 aliphatic rings. The number of para-hydroxylation sites is 2. The Morgan fingerprint density at radius 2 is 2.12 bits per heavy atom. The van der Waals surface area contributed by atoms with Crippen LogP contribution in [0, 0.1) is 10.1 Å². The van der Waals surface area contributed by atoms with Crippen molar-refractivity contribution in [1.29, 1.82) is 0 Å². The highest BCUT2D eigenvalue weighted by molar-refractivity contribution is 7.07. The van der Waals surface area contributed by atoms with Crippen molar-refractivity contribution in [1.82, 2.24) is 14.1 Å². The van der Waals surface area contributed by atoms with Crippen molar-refractivity contribution in [3.63, 3.8) is 0 Å². The molecule has 1 aliphatic heterocycles. The molecule has 10 nitrogen and oxygen atoms in total. The lowest BCUT2D eigenvalue weighted by Crippen LogP contribution is -2.25. The Morgan fingerprint density at radius 3 is 2.94 bits per heavy atom. The number of rotatable bonds is 7. The van der Waals surface area contributed by atoms with Crippen LogP contribution >= 0.6 is 11.3 Å². The Bertz CT molecular complexity index is 1420. The molecule has 1 N–H and O–H groups in total. The number of benzene rings is 2. The maximum atomic E-state index is 11.8. The van der Waals surface area contributed by atoms with Crippen LogP contribution in [0.5, 0.6) is 5.75 Å². The normalized spacial score (nSPS) is 13.3. The largest absolute Gasteiger partial charge is 0.482 e. The Labute approximate surface area is 198 Å². The van der Waals surface area contributed by atoms with Gasteiger partial charge in [-0.25, -0.2) is 9.98 Å². The summed E-state index contributed by atoms with van der Waals surface area (Å²) in [6.07, 6.45) is 6.21. The number of nitro groups is 1. The summed E-state index contributed by atoms with van der Waals surface area (Å²) in [6.45, 7) is 1.40. The van der Waals surface area contributed by atoms with Crippen molar-refractivity contribution < 1.29 is 14.5 Å². The Morgan fingerprint density at radius 1 is 1.24 bits per heavy atom. The molecule has 5 rings (SSSR count). The van der Waals surface area contributed by atoms with Gasteiger partial charge >= 0.3 is 0 Å². The number of thiazole rings is 1. The molecule has 2 aromatic carbocycles. The van der Waals surface area contributed by atoms with E-state index in [4.69, 9.17) is 4.74 Å². The van der Waals surface area contributed by atoms with Gasteiger partial charge in [0.25, 0.3) is 11.6 Å². The first-order chi connectivity index (χ1) is 16.6. The van der Waals surface area contributed by atoms with Gasteiger partial charge in [0, 0.05) is 42.5 Å². The minimum Gasteiger partial charge on any atom is -0.482 e. The highest BCUT2D eigenvalue weighted by atomic mass is 32.1. The summed E-state index contributed by atoms with van der Waals surface area (Å²) in [5, 5.41) is 16.3. The molecule has 172 valence electrons. The zero-order chi connectivity index (χ0) is 23.5. The van der Waals surface area contributed by atoms with Crippen LogP contribution in [0.3, 0.4) is 0 Å². The Hall–Kier alpha value is -4.25. The van der Waals surface area contributed by atoms with Crippen LogP contribution in [0.25, 0.3) is 11.3 Å². The molecule has 2 aromatic heterocycles. The second kappa shape index (κ2) is 9.32. The third kappa shape index (κ3) is 4.46. The molecular weight excluding hydrogens is 456 g/mol. The lowest BCUT2D eigenvalue weighted by Gasteiger charge is -2.19. The summed E-state index contributed by atoms with van der Waals surface area (Å²) in [7, 11) is 0. The molecule has 0 atom stereocenters. The summed E-state index contributed by atoms with van der Waals surface area (Å²) in [5.74, 6) is 0.422. The fourth-order valence-electron chi connectivity index (χ4n) is 3.75. The van der Waals surface area contributed by atoms with Crippen LogP contribution in [0.2, 0.25) is 0 Å². The number of aryl methyl sites for hydroxylation is 1. The number of aromatic nitrogens is 3. The Balaban J connectivity index is 1.56. The van der Waals surface area contributed by atoms with Gasteiger partial charge in [0.15, 0.2) is 11.4 Å². The number of amides is 1. The van der Waals surface area contributed by atoms with E-state index in [1.807, 2.05) is 38.9 Å². The zero-order valence-corrected chi connectivity index (χ0v) is 18.8. The van der Waals surface area contributed by atoms with Crippen LogP contribution in [0.15, 0.2) is 71.6 Å². The molecule has 0 spiro atoms. The van der Waals surface area contributed by atoms with E-state index < -0.39 is 4.92 Å². The first kappa shape index (κ1) is 21.6. The molecule has 0 bridgehead atoms. The number of hydrogen-bond donors (Lipinski definition) is 1. The predicted octanol–water partition coefficient (Wildman–Crippen LogP) is 3.97. The van der Waals surface area contributed by atoms with Crippen molar-refractivity contribution in [3.8, 4) is 17.0 Å². The van der Waals surface area contributed by atoms with E-state index in [1.54, 1.807) is 30.7 Å². The minimum absolute atomic E-state index is 0.00205. The monoisotopic (exact) mass is 476 g/mol. The van der Waals surface area contributed by atoms with Gasteiger partial charge in [-0.3, -0.25) is 14.9 Å². The topological polar surface area (TPSA) is 117 Å². The number of ether oxygens (including phenoxy) is 1. The molecule has 34 heavy (non-hydrogen) atoms. The SMILES string of the molecule is O=C1COc2ccc(-c3csc(=Nc4ccccc4[N+](=O)[O-])n3CCCn3ccnc3)cc2N1. The third-order valence-corrected chi connectivity index (χ3v) is 6.22. The first-order valence-corrected chi connectivity index (χ1v) is 11.5. The van der Waals surface area contributed by atoms with Crippen molar-refractivity contribution in [2.45, 2.75) is 19.5 Å². The molecule has 0 saturated carbocycles. The second-order valence-corrected chi connectivity index (χ2v) is 8.45. The van der Waals surface area contributed by atoms with E-state index in [1.165, 1.54) is 17.4 Å². The molecule has 0 radical (unpaired) electrons. The smallest absolute Gasteiger partial charge is 0.294 e. The summed E-state index contributed by atoms with van der Waals surface area (Å²) in [5.41, 5.74) is 2.65. The average Bonchev–Trinajstić information content (AvgIpc) is 3.49. The zero-order valence-electron chi connectivity index (χ0n) is 18.0. The number of carbonyl (C=O) groups is 1. The van der Waals surface area contributed by atoms with E-state index in [0.717, 1.165) is 24.2 Å². The number of fused-ring (bicyclic) bond motifs is 1. The van der Waals surface area contributed by atoms with E-state index >= 15 is 0 Å². The number of anilines is 1. The van der Waals surface area contributed by atoms with E-state index in [-0.39, 0.29) is 18.2 Å². The van der Waals surface area contributed by atoms with Crippen molar-refractivity contribution >= 4 is 34.3 Å². The van der Waals surface area contributed by atoms with Crippen LogP contribution in [-0.2, 0) is 17.9 Å². The van der Waals surface area contributed by atoms with Crippen molar-refractivity contribution in [2.75, 3.05) is 11.9 Å². The van der Waals surface area contributed by atoms with E-state index in [2.05, 4.69) is 15.3 Å². The quantitative estimate of drug-likeness (QED) is 0.320.